The number of hydrogen-bond donors (Lipinski definition) is 2. The number of hydrogen-bond acceptors (Lipinski definition) is 5. The van der Waals surface area contributed by atoms with Gasteiger partial charge < -0.3 is 10.3 Å². The van der Waals surface area contributed by atoms with Crippen molar-refractivity contribution in [3.63, 3.8) is 0 Å². The summed E-state index contributed by atoms with van der Waals surface area (Å²) in [5.74, 6) is -0.113. The third kappa shape index (κ3) is 2.81. The van der Waals surface area contributed by atoms with Crippen LogP contribution < -0.4 is 5.32 Å². The molecule has 0 aliphatic heterocycles. The quantitative estimate of drug-likeness (QED) is 0.565. The molecule has 0 amide bonds. The molecule has 0 radical (unpaired) electrons. The highest BCUT2D eigenvalue weighted by Gasteiger charge is 2.36. The van der Waals surface area contributed by atoms with Crippen LogP contribution in [-0.4, -0.2) is 41.8 Å². The SMILES string of the molecule is CC(Nc1ncc2c(-c3ccn4ncc(Cl)c4n3)c[nH]c2n1)C(F)(F)F. The van der Waals surface area contributed by atoms with Crippen LogP contribution in [0.3, 0.4) is 0 Å². The lowest BCUT2D eigenvalue weighted by atomic mass is 10.2. The number of alkyl halides is 3. The highest BCUT2D eigenvalue weighted by atomic mass is 35.5. The zero-order valence-corrected chi connectivity index (χ0v) is 14.0. The van der Waals surface area contributed by atoms with E-state index in [4.69, 9.17) is 11.6 Å². The van der Waals surface area contributed by atoms with Crippen LogP contribution in [0, 0.1) is 0 Å². The van der Waals surface area contributed by atoms with E-state index in [-0.39, 0.29) is 5.95 Å². The second kappa shape index (κ2) is 5.84. The number of nitrogens with zero attached hydrogens (tertiary/aromatic N) is 5. The molecule has 7 nitrogen and oxygen atoms in total. The zero-order valence-electron chi connectivity index (χ0n) is 13.2. The van der Waals surface area contributed by atoms with E-state index in [1.807, 2.05) is 0 Å². The van der Waals surface area contributed by atoms with Crippen LogP contribution in [0.15, 0.2) is 30.9 Å². The van der Waals surface area contributed by atoms with Crippen LogP contribution in [0.4, 0.5) is 19.1 Å². The lowest BCUT2D eigenvalue weighted by Crippen LogP contribution is -2.33. The van der Waals surface area contributed by atoms with Crippen LogP contribution in [0.1, 0.15) is 6.92 Å². The molecule has 0 saturated heterocycles. The summed E-state index contributed by atoms with van der Waals surface area (Å²) in [5.41, 5.74) is 2.21. The van der Waals surface area contributed by atoms with Gasteiger partial charge in [0.25, 0.3) is 0 Å². The first-order chi connectivity index (χ1) is 12.3. The van der Waals surface area contributed by atoms with E-state index < -0.39 is 12.2 Å². The topological polar surface area (TPSA) is 83.8 Å². The number of fused-ring (bicyclic) bond motifs is 2. The number of anilines is 1. The van der Waals surface area contributed by atoms with E-state index >= 15 is 0 Å². The third-order valence-electron chi connectivity index (χ3n) is 3.87. The minimum Gasteiger partial charge on any atom is -0.345 e. The Morgan fingerprint density at radius 3 is 2.85 bits per heavy atom. The van der Waals surface area contributed by atoms with E-state index in [9.17, 15) is 13.2 Å². The van der Waals surface area contributed by atoms with Crippen molar-refractivity contribution in [3.8, 4) is 11.3 Å². The minimum atomic E-state index is -4.39. The lowest BCUT2D eigenvalue weighted by molar-refractivity contribution is -0.138. The van der Waals surface area contributed by atoms with Gasteiger partial charge in [-0.2, -0.15) is 23.3 Å². The molecule has 4 aromatic heterocycles. The summed E-state index contributed by atoms with van der Waals surface area (Å²) >= 11 is 6.05. The van der Waals surface area contributed by atoms with Crippen LogP contribution >= 0.6 is 11.6 Å². The predicted molar refractivity (Wildman–Crippen MR) is 90.0 cm³/mol. The van der Waals surface area contributed by atoms with Crippen molar-refractivity contribution >= 4 is 34.2 Å². The number of halogens is 4. The van der Waals surface area contributed by atoms with Crippen LogP contribution in [0.2, 0.25) is 5.02 Å². The lowest BCUT2D eigenvalue weighted by Gasteiger charge is -2.16. The number of nitrogens with one attached hydrogen (secondary N) is 2. The molecule has 0 spiro atoms. The van der Waals surface area contributed by atoms with Gasteiger partial charge >= 0.3 is 6.18 Å². The van der Waals surface area contributed by atoms with Crippen molar-refractivity contribution in [2.75, 3.05) is 5.32 Å². The largest absolute Gasteiger partial charge is 0.408 e. The predicted octanol–water partition coefficient (Wildman–Crippen LogP) is 3.68. The van der Waals surface area contributed by atoms with Crippen molar-refractivity contribution in [3.05, 3.63) is 35.9 Å². The summed E-state index contributed by atoms with van der Waals surface area (Å²) in [4.78, 5) is 15.5. The van der Waals surface area contributed by atoms with E-state index in [1.54, 1.807) is 18.5 Å². The van der Waals surface area contributed by atoms with Crippen LogP contribution in [0.25, 0.3) is 27.9 Å². The zero-order chi connectivity index (χ0) is 18.5. The van der Waals surface area contributed by atoms with Crippen LogP contribution in [0.5, 0.6) is 0 Å². The molecular formula is C15H11ClF3N7. The van der Waals surface area contributed by atoms with E-state index in [2.05, 4.69) is 30.4 Å². The standard InChI is InChI=1S/C15H11ClF3N7/c1-7(15(17,18)19)23-14-21-5-9-8(4-20-12(9)25-14)11-2-3-26-13(24-11)10(16)6-22-26/h2-7H,1H3,(H2,20,21,23,25). The van der Waals surface area contributed by atoms with Crippen molar-refractivity contribution in [1.82, 2.24) is 29.5 Å². The van der Waals surface area contributed by atoms with Gasteiger partial charge in [0.05, 0.1) is 11.9 Å². The maximum absolute atomic E-state index is 12.7. The average molecular weight is 382 g/mol. The molecule has 134 valence electrons. The van der Waals surface area contributed by atoms with Gasteiger partial charge in [0.1, 0.15) is 16.7 Å². The molecule has 11 heteroatoms. The number of aromatic nitrogens is 6. The average Bonchev–Trinajstić information content (AvgIpc) is 3.17. The summed E-state index contributed by atoms with van der Waals surface area (Å²) in [6, 6.07) is -0.0148. The molecular weight excluding hydrogens is 371 g/mol. The minimum absolute atomic E-state index is 0.113. The maximum atomic E-state index is 12.7. The molecule has 0 aliphatic rings. The van der Waals surface area contributed by atoms with Gasteiger partial charge in [0.15, 0.2) is 5.65 Å². The Labute approximate surface area is 149 Å². The van der Waals surface area contributed by atoms with E-state index in [0.29, 0.717) is 33.0 Å². The Bertz CT molecular complexity index is 1100. The maximum Gasteiger partial charge on any atom is 0.408 e. The van der Waals surface area contributed by atoms with Gasteiger partial charge in [-0.3, -0.25) is 0 Å². The smallest absolute Gasteiger partial charge is 0.345 e. The molecule has 2 N–H and O–H groups in total. The Kier molecular flexibility index (Phi) is 3.72. The Morgan fingerprint density at radius 1 is 1.27 bits per heavy atom. The summed E-state index contributed by atoms with van der Waals surface area (Å²) in [7, 11) is 0. The molecule has 0 aromatic carbocycles. The summed E-state index contributed by atoms with van der Waals surface area (Å²) in [6.07, 6.45) is 1.93. The van der Waals surface area contributed by atoms with E-state index in [0.717, 1.165) is 6.92 Å². The third-order valence-corrected chi connectivity index (χ3v) is 4.14. The molecule has 1 unspecified atom stereocenters. The summed E-state index contributed by atoms with van der Waals surface area (Å²) in [6.45, 7) is 1.00. The molecule has 4 aromatic rings. The van der Waals surface area contributed by atoms with Gasteiger partial charge in [0.2, 0.25) is 5.95 Å². The van der Waals surface area contributed by atoms with E-state index in [1.165, 1.54) is 16.9 Å². The molecule has 4 rings (SSSR count). The fraction of sp³-hybridized carbons (Fsp3) is 0.200. The Balaban J connectivity index is 1.71. The van der Waals surface area contributed by atoms with Gasteiger partial charge in [-0.15, -0.1) is 0 Å². The second-order valence-electron chi connectivity index (χ2n) is 5.64. The monoisotopic (exact) mass is 381 g/mol. The number of aromatic amines is 1. The first-order valence-electron chi connectivity index (χ1n) is 7.50. The number of H-pyrrole nitrogens is 1. The number of rotatable bonds is 3. The van der Waals surface area contributed by atoms with Gasteiger partial charge in [0, 0.05) is 29.5 Å². The summed E-state index contributed by atoms with van der Waals surface area (Å²) in [5, 5.41) is 7.33. The Hall–Kier alpha value is -2.88. The van der Waals surface area contributed by atoms with Crippen LogP contribution in [-0.2, 0) is 0 Å². The first kappa shape index (κ1) is 16.6. The van der Waals surface area contributed by atoms with Crippen molar-refractivity contribution in [1.29, 1.82) is 0 Å². The Morgan fingerprint density at radius 2 is 2.08 bits per heavy atom. The highest BCUT2D eigenvalue weighted by Crippen LogP contribution is 2.28. The van der Waals surface area contributed by atoms with Crippen molar-refractivity contribution in [2.24, 2.45) is 0 Å². The second-order valence-corrected chi connectivity index (χ2v) is 6.05. The first-order valence-corrected chi connectivity index (χ1v) is 7.88. The van der Waals surface area contributed by atoms with Crippen molar-refractivity contribution < 1.29 is 13.2 Å². The molecule has 26 heavy (non-hydrogen) atoms. The molecule has 0 fully saturated rings. The molecule has 1 atom stereocenters. The molecule has 4 heterocycles. The molecule has 0 saturated carbocycles. The molecule has 0 aliphatic carbocycles. The fourth-order valence-electron chi connectivity index (χ4n) is 2.46. The highest BCUT2D eigenvalue weighted by molar-refractivity contribution is 6.33. The normalized spacial score (nSPS) is 13.4. The van der Waals surface area contributed by atoms with Gasteiger partial charge in [-0.05, 0) is 13.0 Å². The fourth-order valence-corrected chi connectivity index (χ4v) is 2.63. The van der Waals surface area contributed by atoms with Crippen molar-refractivity contribution in [2.45, 2.75) is 19.1 Å². The molecule has 0 bridgehead atoms. The van der Waals surface area contributed by atoms with Gasteiger partial charge in [-0.25, -0.2) is 14.5 Å². The van der Waals surface area contributed by atoms with Gasteiger partial charge in [-0.1, -0.05) is 11.6 Å². The summed E-state index contributed by atoms with van der Waals surface area (Å²) < 4.78 is 39.5.